The molecular formula is C11H22N2. The molecule has 0 spiro atoms. The quantitative estimate of drug-likeness (QED) is 0.665. The van der Waals surface area contributed by atoms with Crippen LogP contribution in [-0.4, -0.2) is 36.6 Å². The van der Waals surface area contributed by atoms with Crippen molar-refractivity contribution in [2.75, 3.05) is 19.6 Å². The van der Waals surface area contributed by atoms with Crippen molar-refractivity contribution in [2.45, 2.75) is 38.8 Å². The molecular weight excluding hydrogens is 160 g/mol. The normalized spacial score (nSPS) is 22.9. The number of nitrogens with zero attached hydrogens (tertiary/aromatic N) is 1. The van der Waals surface area contributed by atoms with Gasteiger partial charge in [-0.25, -0.2) is 0 Å². The minimum Gasteiger partial charge on any atom is -0.308 e. The highest BCUT2D eigenvalue weighted by molar-refractivity contribution is 4.86. The van der Waals surface area contributed by atoms with E-state index in [1.54, 1.807) is 0 Å². The van der Waals surface area contributed by atoms with Gasteiger partial charge < -0.3 is 10.2 Å². The Morgan fingerprint density at radius 3 is 2.62 bits per heavy atom. The third kappa shape index (κ3) is 3.49. The summed E-state index contributed by atoms with van der Waals surface area (Å²) in [7, 11) is 0. The molecule has 0 bridgehead atoms. The van der Waals surface area contributed by atoms with Gasteiger partial charge in [-0.05, 0) is 39.4 Å². The van der Waals surface area contributed by atoms with Crippen LogP contribution >= 0.6 is 0 Å². The summed E-state index contributed by atoms with van der Waals surface area (Å²) in [6, 6.07) is 1.16. The summed E-state index contributed by atoms with van der Waals surface area (Å²) in [6.45, 7) is 11.9. The van der Waals surface area contributed by atoms with Gasteiger partial charge in [-0.3, -0.25) is 0 Å². The fourth-order valence-corrected chi connectivity index (χ4v) is 1.86. The number of hydrogen-bond acceptors (Lipinski definition) is 2. The van der Waals surface area contributed by atoms with Crippen molar-refractivity contribution in [1.29, 1.82) is 0 Å². The topological polar surface area (TPSA) is 15.3 Å². The molecule has 0 amide bonds. The average molecular weight is 182 g/mol. The van der Waals surface area contributed by atoms with Gasteiger partial charge in [0, 0.05) is 12.1 Å². The molecule has 76 valence electrons. The number of piperidine rings is 1. The summed E-state index contributed by atoms with van der Waals surface area (Å²) >= 11 is 0. The Labute approximate surface area is 82.0 Å². The number of likely N-dealkylation sites (tertiary alicyclic amines) is 1. The highest BCUT2D eigenvalue weighted by Gasteiger charge is 2.17. The first kappa shape index (κ1) is 10.7. The van der Waals surface area contributed by atoms with Gasteiger partial charge in [-0.15, -0.1) is 6.58 Å². The summed E-state index contributed by atoms with van der Waals surface area (Å²) in [5, 5.41) is 3.57. The van der Waals surface area contributed by atoms with E-state index in [1.807, 2.05) is 6.08 Å². The maximum atomic E-state index is 3.78. The van der Waals surface area contributed by atoms with Crippen LogP contribution in [0.25, 0.3) is 0 Å². The van der Waals surface area contributed by atoms with Gasteiger partial charge in [0.2, 0.25) is 0 Å². The van der Waals surface area contributed by atoms with Crippen LogP contribution < -0.4 is 5.32 Å². The summed E-state index contributed by atoms with van der Waals surface area (Å²) in [4.78, 5) is 2.51. The Hall–Kier alpha value is -0.340. The maximum absolute atomic E-state index is 3.78. The Morgan fingerprint density at radius 1 is 1.54 bits per heavy atom. The summed E-state index contributed by atoms with van der Waals surface area (Å²) in [5.74, 6) is 0. The predicted octanol–water partition coefficient (Wildman–Crippen LogP) is 1.63. The van der Waals surface area contributed by atoms with Crippen molar-refractivity contribution >= 4 is 0 Å². The molecule has 0 radical (unpaired) electrons. The lowest BCUT2D eigenvalue weighted by Crippen LogP contribution is -2.44. The molecule has 13 heavy (non-hydrogen) atoms. The van der Waals surface area contributed by atoms with Crippen LogP contribution in [0.2, 0.25) is 0 Å². The van der Waals surface area contributed by atoms with Crippen LogP contribution in [0.15, 0.2) is 12.7 Å². The predicted molar refractivity (Wildman–Crippen MR) is 57.9 cm³/mol. The van der Waals surface area contributed by atoms with E-state index in [0.717, 1.165) is 0 Å². The van der Waals surface area contributed by atoms with Gasteiger partial charge >= 0.3 is 0 Å². The highest BCUT2D eigenvalue weighted by Crippen LogP contribution is 2.10. The Bertz CT molecular complexity index is 148. The van der Waals surface area contributed by atoms with Crippen molar-refractivity contribution < 1.29 is 0 Å². The van der Waals surface area contributed by atoms with Crippen LogP contribution in [0.4, 0.5) is 0 Å². The van der Waals surface area contributed by atoms with Gasteiger partial charge in [0.15, 0.2) is 0 Å². The summed E-state index contributed by atoms with van der Waals surface area (Å²) < 4.78 is 0. The van der Waals surface area contributed by atoms with Crippen LogP contribution in [0, 0.1) is 0 Å². The molecule has 1 fully saturated rings. The van der Waals surface area contributed by atoms with E-state index in [1.165, 1.54) is 32.5 Å². The molecule has 1 unspecified atom stereocenters. The van der Waals surface area contributed by atoms with Crippen LogP contribution in [0.1, 0.15) is 26.7 Å². The molecule has 1 heterocycles. The largest absolute Gasteiger partial charge is 0.308 e. The van der Waals surface area contributed by atoms with E-state index in [4.69, 9.17) is 0 Å². The molecule has 0 aromatic rings. The standard InChI is InChI=1S/C11H22N2/c1-4-10(3)12-11-6-8-13(5-2)9-7-11/h4,10-12H,1,5-9H2,2-3H3. The maximum Gasteiger partial charge on any atom is 0.0221 e. The van der Waals surface area contributed by atoms with Gasteiger partial charge in [0.25, 0.3) is 0 Å². The Balaban J connectivity index is 2.21. The molecule has 1 saturated heterocycles. The lowest BCUT2D eigenvalue weighted by Gasteiger charge is -2.32. The van der Waals surface area contributed by atoms with Crippen molar-refractivity contribution in [3.8, 4) is 0 Å². The molecule has 1 atom stereocenters. The third-order valence-electron chi connectivity index (χ3n) is 2.89. The molecule has 0 aromatic heterocycles. The number of rotatable bonds is 4. The van der Waals surface area contributed by atoms with E-state index in [-0.39, 0.29) is 0 Å². The van der Waals surface area contributed by atoms with Crippen LogP contribution in [-0.2, 0) is 0 Å². The fraction of sp³-hybridized carbons (Fsp3) is 0.818. The van der Waals surface area contributed by atoms with E-state index >= 15 is 0 Å². The second-order valence-electron chi connectivity index (χ2n) is 3.90. The zero-order valence-electron chi connectivity index (χ0n) is 8.92. The minimum absolute atomic E-state index is 0.457. The Kier molecular flexibility index (Phi) is 4.46. The lowest BCUT2D eigenvalue weighted by molar-refractivity contribution is 0.203. The van der Waals surface area contributed by atoms with E-state index in [9.17, 15) is 0 Å². The second kappa shape index (κ2) is 5.40. The first-order valence-electron chi connectivity index (χ1n) is 5.37. The average Bonchev–Trinajstić information content (AvgIpc) is 2.19. The number of nitrogens with one attached hydrogen (secondary N) is 1. The molecule has 0 saturated carbocycles. The first-order chi connectivity index (χ1) is 6.26. The minimum atomic E-state index is 0.457. The van der Waals surface area contributed by atoms with E-state index in [2.05, 4.69) is 30.6 Å². The van der Waals surface area contributed by atoms with Crippen molar-refractivity contribution in [2.24, 2.45) is 0 Å². The molecule has 1 aliphatic heterocycles. The highest BCUT2D eigenvalue weighted by atomic mass is 15.1. The number of hydrogen-bond donors (Lipinski definition) is 1. The molecule has 1 rings (SSSR count). The van der Waals surface area contributed by atoms with Crippen molar-refractivity contribution in [3.63, 3.8) is 0 Å². The monoisotopic (exact) mass is 182 g/mol. The zero-order valence-corrected chi connectivity index (χ0v) is 8.92. The molecule has 1 N–H and O–H groups in total. The van der Waals surface area contributed by atoms with E-state index in [0.29, 0.717) is 12.1 Å². The summed E-state index contributed by atoms with van der Waals surface area (Å²) in [5.41, 5.74) is 0. The molecule has 0 aromatic carbocycles. The Morgan fingerprint density at radius 2 is 2.15 bits per heavy atom. The molecule has 0 aliphatic carbocycles. The second-order valence-corrected chi connectivity index (χ2v) is 3.90. The van der Waals surface area contributed by atoms with Gasteiger partial charge in [0.1, 0.15) is 0 Å². The molecule has 2 heteroatoms. The van der Waals surface area contributed by atoms with Crippen LogP contribution in [0.5, 0.6) is 0 Å². The first-order valence-corrected chi connectivity index (χ1v) is 5.37. The fourth-order valence-electron chi connectivity index (χ4n) is 1.86. The van der Waals surface area contributed by atoms with Crippen LogP contribution in [0.3, 0.4) is 0 Å². The SMILES string of the molecule is C=CC(C)NC1CCN(CC)CC1. The van der Waals surface area contributed by atoms with Crippen molar-refractivity contribution in [1.82, 2.24) is 10.2 Å². The van der Waals surface area contributed by atoms with Gasteiger partial charge in [-0.2, -0.15) is 0 Å². The van der Waals surface area contributed by atoms with Gasteiger partial charge in [-0.1, -0.05) is 13.0 Å². The third-order valence-corrected chi connectivity index (χ3v) is 2.89. The smallest absolute Gasteiger partial charge is 0.0221 e. The molecule has 1 aliphatic rings. The zero-order chi connectivity index (χ0) is 9.68. The van der Waals surface area contributed by atoms with Gasteiger partial charge in [0.05, 0.1) is 0 Å². The molecule has 2 nitrogen and oxygen atoms in total. The summed E-state index contributed by atoms with van der Waals surface area (Å²) in [6.07, 6.45) is 4.55. The van der Waals surface area contributed by atoms with E-state index < -0.39 is 0 Å². The lowest BCUT2D eigenvalue weighted by atomic mass is 10.0. The van der Waals surface area contributed by atoms with Crippen molar-refractivity contribution in [3.05, 3.63) is 12.7 Å².